The summed E-state index contributed by atoms with van der Waals surface area (Å²) in [6.45, 7) is 0.561. The van der Waals surface area contributed by atoms with Crippen LogP contribution in [0, 0.1) is 10.8 Å². The van der Waals surface area contributed by atoms with Crippen LogP contribution in [0.5, 0.6) is 0 Å². The van der Waals surface area contributed by atoms with Crippen LogP contribution in [0.15, 0.2) is 97.1 Å². The highest BCUT2D eigenvalue weighted by Gasteiger charge is 2.09. The Morgan fingerprint density at radius 3 is 1.24 bits per heavy atom. The van der Waals surface area contributed by atoms with Gasteiger partial charge < -0.3 is 22.1 Å². The van der Waals surface area contributed by atoms with Gasteiger partial charge in [0, 0.05) is 35.3 Å². The summed E-state index contributed by atoms with van der Waals surface area (Å²) in [5.74, 6) is -0.465. The lowest BCUT2D eigenvalue weighted by atomic mass is 10.0. The van der Waals surface area contributed by atoms with Crippen LogP contribution in [-0.4, -0.2) is 36.6 Å². The lowest BCUT2D eigenvalue weighted by molar-refractivity contribution is 0.0927. The minimum absolute atomic E-state index is 0.00313. The van der Waals surface area contributed by atoms with E-state index >= 15 is 0 Å². The molecule has 0 fully saturated rings. The number of amides is 2. The van der Waals surface area contributed by atoms with Crippen molar-refractivity contribution in [1.29, 1.82) is 10.8 Å². The first kappa shape index (κ1) is 25.8. The molecule has 0 heterocycles. The van der Waals surface area contributed by atoms with E-state index < -0.39 is 0 Å². The Morgan fingerprint density at radius 1 is 0.526 bits per heavy atom. The number of nitrogens with two attached hydrogens (primary N) is 2. The molecule has 0 aliphatic heterocycles. The molecule has 0 aliphatic rings. The SMILES string of the molecule is N=C(N)c1cccc(-c2ccc(C(=O)NCCNC(=O)c3ccc(-c4cccc(C(=N)N)c4)cc3)cc2)c1. The van der Waals surface area contributed by atoms with Gasteiger partial charge in [-0.05, 0) is 58.7 Å². The summed E-state index contributed by atoms with van der Waals surface area (Å²) >= 11 is 0. The summed E-state index contributed by atoms with van der Waals surface area (Å²) in [6.07, 6.45) is 0. The van der Waals surface area contributed by atoms with E-state index in [0.29, 0.717) is 22.3 Å². The summed E-state index contributed by atoms with van der Waals surface area (Å²) in [6, 6.07) is 29.0. The molecule has 0 saturated heterocycles. The maximum absolute atomic E-state index is 12.5. The van der Waals surface area contributed by atoms with Crippen LogP contribution in [0.2, 0.25) is 0 Å². The van der Waals surface area contributed by atoms with Crippen LogP contribution in [-0.2, 0) is 0 Å². The monoisotopic (exact) mass is 504 g/mol. The van der Waals surface area contributed by atoms with Crippen LogP contribution >= 0.6 is 0 Å². The predicted molar refractivity (Wildman–Crippen MR) is 150 cm³/mol. The van der Waals surface area contributed by atoms with Gasteiger partial charge in [0.15, 0.2) is 0 Å². The van der Waals surface area contributed by atoms with Crippen molar-refractivity contribution in [3.05, 3.63) is 119 Å². The summed E-state index contributed by atoms with van der Waals surface area (Å²) in [5, 5.41) is 20.8. The zero-order valence-corrected chi connectivity index (χ0v) is 20.6. The smallest absolute Gasteiger partial charge is 0.251 e. The lowest BCUT2D eigenvalue weighted by Gasteiger charge is -2.09. The predicted octanol–water partition coefficient (Wildman–Crippen LogP) is 3.75. The molecule has 0 atom stereocenters. The first-order chi connectivity index (χ1) is 18.3. The maximum atomic E-state index is 12.5. The minimum Gasteiger partial charge on any atom is -0.384 e. The Balaban J connectivity index is 1.27. The van der Waals surface area contributed by atoms with E-state index in [0.717, 1.165) is 22.3 Å². The largest absolute Gasteiger partial charge is 0.384 e. The van der Waals surface area contributed by atoms with Crippen molar-refractivity contribution in [2.45, 2.75) is 0 Å². The number of benzene rings is 4. The van der Waals surface area contributed by atoms with Gasteiger partial charge in [0.25, 0.3) is 11.8 Å². The number of nitrogen functional groups attached to an aromatic ring is 2. The standard InChI is InChI=1S/C30H28N6O2/c31-27(32)25-5-1-3-23(17-25)19-7-11-21(12-8-19)29(37)35-15-16-36-30(38)22-13-9-20(10-14-22)24-4-2-6-26(18-24)28(33)34/h1-14,17-18H,15-16H2,(H3,31,32)(H3,33,34)(H,35,37)(H,36,38). The number of carbonyl (C=O) groups excluding carboxylic acids is 2. The Kier molecular flexibility index (Phi) is 7.93. The molecule has 0 bridgehead atoms. The average Bonchev–Trinajstić information content (AvgIpc) is 2.95. The number of carbonyl (C=O) groups is 2. The molecule has 0 aromatic heterocycles. The van der Waals surface area contributed by atoms with Crippen molar-refractivity contribution in [1.82, 2.24) is 10.6 Å². The molecule has 8 heteroatoms. The minimum atomic E-state index is -0.236. The van der Waals surface area contributed by atoms with Crippen LogP contribution in [0.1, 0.15) is 31.8 Å². The van der Waals surface area contributed by atoms with Crippen LogP contribution in [0.3, 0.4) is 0 Å². The third kappa shape index (κ3) is 6.30. The Bertz CT molecular complexity index is 1380. The molecule has 190 valence electrons. The number of amidine groups is 2. The fourth-order valence-corrected chi connectivity index (χ4v) is 3.92. The van der Waals surface area contributed by atoms with Gasteiger partial charge in [0.1, 0.15) is 11.7 Å². The van der Waals surface area contributed by atoms with E-state index in [1.807, 2.05) is 60.7 Å². The molecule has 4 rings (SSSR count). The van der Waals surface area contributed by atoms with Crippen molar-refractivity contribution in [3.8, 4) is 22.3 Å². The fourth-order valence-electron chi connectivity index (χ4n) is 3.92. The van der Waals surface area contributed by atoms with Crippen molar-refractivity contribution in [2.24, 2.45) is 11.5 Å². The molecule has 8 nitrogen and oxygen atoms in total. The summed E-state index contributed by atoms with van der Waals surface area (Å²) in [7, 11) is 0. The number of hydrogen-bond acceptors (Lipinski definition) is 4. The number of nitrogens with one attached hydrogen (secondary N) is 4. The molecular weight excluding hydrogens is 476 g/mol. The maximum Gasteiger partial charge on any atom is 0.251 e. The first-order valence-corrected chi connectivity index (χ1v) is 12.0. The quantitative estimate of drug-likeness (QED) is 0.116. The Labute approximate surface area is 220 Å². The molecule has 0 radical (unpaired) electrons. The van der Waals surface area contributed by atoms with Gasteiger partial charge in [-0.3, -0.25) is 20.4 Å². The summed E-state index contributed by atoms with van der Waals surface area (Å²) in [5.41, 5.74) is 17.1. The second kappa shape index (κ2) is 11.7. The van der Waals surface area contributed by atoms with Crippen molar-refractivity contribution < 1.29 is 9.59 Å². The molecule has 4 aromatic carbocycles. The summed E-state index contributed by atoms with van der Waals surface area (Å²) in [4.78, 5) is 25.0. The van der Waals surface area contributed by atoms with Crippen LogP contribution < -0.4 is 22.1 Å². The average molecular weight is 505 g/mol. The highest BCUT2D eigenvalue weighted by Crippen LogP contribution is 2.22. The van der Waals surface area contributed by atoms with Gasteiger partial charge in [-0.1, -0.05) is 60.7 Å². The molecule has 0 aliphatic carbocycles. The zero-order chi connectivity index (χ0) is 27.1. The van der Waals surface area contributed by atoms with E-state index in [1.165, 1.54) is 0 Å². The molecule has 8 N–H and O–H groups in total. The molecule has 0 spiro atoms. The topological polar surface area (TPSA) is 158 Å². The first-order valence-electron chi connectivity index (χ1n) is 12.0. The highest BCUT2D eigenvalue weighted by molar-refractivity contribution is 5.98. The van der Waals surface area contributed by atoms with Crippen molar-refractivity contribution >= 4 is 23.5 Å². The summed E-state index contributed by atoms with van der Waals surface area (Å²) < 4.78 is 0. The second-order valence-corrected chi connectivity index (χ2v) is 8.66. The third-order valence-electron chi connectivity index (χ3n) is 6.00. The molecular formula is C30H28N6O2. The molecule has 0 unspecified atom stereocenters. The van der Waals surface area contributed by atoms with Crippen LogP contribution in [0.4, 0.5) is 0 Å². The van der Waals surface area contributed by atoms with E-state index in [9.17, 15) is 9.59 Å². The Hall–Kier alpha value is -5.24. The number of rotatable bonds is 9. The van der Waals surface area contributed by atoms with Crippen molar-refractivity contribution in [2.75, 3.05) is 13.1 Å². The fraction of sp³-hybridized carbons (Fsp3) is 0.0667. The van der Waals surface area contributed by atoms with Crippen LogP contribution in [0.25, 0.3) is 22.3 Å². The lowest BCUT2D eigenvalue weighted by Crippen LogP contribution is -2.34. The highest BCUT2D eigenvalue weighted by atomic mass is 16.2. The van der Waals surface area contributed by atoms with E-state index in [2.05, 4.69) is 10.6 Å². The van der Waals surface area contributed by atoms with E-state index in [4.69, 9.17) is 22.3 Å². The molecule has 0 saturated carbocycles. The second-order valence-electron chi connectivity index (χ2n) is 8.66. The van der Waals surface area contributed by atoms with Gasteiger partial charge in [-0.2, -0.15) is 0 Å². The van der Waals surface area contributed by atoms with Crippen molar-refractivity contribution in [3.63, 3.8) is 0 Å². The molecule has 38 heavy (non-hydrogen) atoms. The van der Waals surface area contributed by atoms with E-state index in [-0.39, 0.29) is 36.6 Å². The van der Waals surface area contributed by atoms with Gasteiger partial charge in [0.2, 0.25) is 0 Å². The molecule has 4 aromatic rings. The van der Waals surface area contributed by atoms with Gasteiger partial charge in [-0.25, -0.2) is 0 Å². The third-order valence-corrected chi connectivity index (χ3v) is 6.00. The molecule has 2 amide bonds. The Morgan fingerprint density at radius 2 is 0.895 bits per heavy atom. The van der Waals surface area contributed by atoms with Gasteiger partial charge in [-0.15, -0.1) is 0 Å². The zero-order valence-electron chi connectivity index (χ0n) is 20.6. The number of hydrogen-bond donors (Lipinski definition) is 6. The van der Waals surface area contributed by atoms with Gasteiger partial charge >= 0.3 is 0 Å². The van der Waals surface area contributed by atoms with E-state index in [1.54, 1.807) is 36.4 Å². The normalized spacial score (nSPS) is 10.4. The van der Waals surface area contributed by atoms with Gasteiger partial charge in [0.05, 0.1) is 0 Å².